The molecular weight excluding hydrogens is 538 g/mol. The molecule has 0 atom stereocenters. The Kier molecular flexibility index (Phi) is 7.71. The minimum atomic E-state index is -4.52. The Bertz CT molecular complexity index is 1560. The molecular formula is C25H23NO10S2. The third-order valence-corrected chi connectivity index (χ3v) is 7.94. The molecule has 1 aliphatic rings. The van der Waals surface area contributed by atoms with Crippen LogP contribution in [-0.2, 0) is 24.8 Å². The van der Waals surface area contributed by atoms with Gasteiger partial charge in [0.05, 0.1) is 36.3 Å². The molecule has 11 nitrogen and oxygen atoms in total. The van der Waals surface area contributed by atoms with E-state index in [0.717, 1.165) is 12.3 Å². The first-order valence-electron chi connectivity index (χ1n) is 11.2. The van der Waals surface area contributed by atoms with Crippen LogP contribution in [0, 0.1) is 0 Å². The number of rotatable bonds is 11. The summed E-state index contributed by atoms with van der Waals surface area (Å²) in [6.45, 7) is 0.0783. The van der Waals surface area contributed by atoms with Crippen LogP contribution >= 0.6 is 0 Å². The van der Waals surface area contributed by atoms with Gasteiger partial charge in [-0.15, -0.1) is 5.06 Å². The van der Waals surface area contributed by atoms with Crippen molar-refractivity contribution in [2.45, 2.75) is 16.2 Å². The molecule has 4 rings (SSSR count). The van der Waals surface area contributed by atoms with E-state index in [2.05, 4.69) is 0 Å². The minimum Gasteiger partial charge on any atom is -0.496 e. The summed E-state index contributed by atoms with van der Waals surface area (Å²) in [5.41, 5.74) is 0.540. The number of ether oxygens (including phenoxy) is 2. The molecule has 0 bridgehead atoms. The standard InChI is InChI=1S/C25H23NO10S2/c1-33-17-14-18(34-12-7-13-35-26-24(27)20-8-3-4-9-21(20)25(26)28)16-19(15-17)36-38(31,32)23-11-6-5-10-22(23)37(2,29)30/h3-6,8-11,14-16H,7,12-13H2,1-2H3. The van der Waals surface area contributed by atoms with Crippen LogP contribution in [0.4, 0.5) is 0 Å². The largest absolute Gasteiger partial charge is 0.496 e. The van der Waals surface area contributed by atoms with Gasteiger partial charge in [0.2, 0.25) is 0 Å². The van der Waals surface area contributed by atoms with Gasteiger partial charge in [-0.3, -0.25) is 14.4 Å². The Morgan fingerprint density at radius 1 is 0.737 bits per heavy atom. The number of nitrogens with zero attached hydrogens (tertiary/aromatic N) is 1. The zero-order chi connectivity index (χ0) is 27.5. The van der Waals surface area contributed by atoms with Gasteiger partial charge in [-0.1, -0.05) is 24.3 Å². The number of amides is 2. The molecule has 0 aliphatic carbocycles. The summed E-state index contributed by atoms with van der Waals surface area (Å²) in [6.07, 6.45) is 1.18. The Morgan fingerprint density at radius 2 is 1.29 bits per heavy atom. The summed E-state index contributed by atoms with van der Waals surface area (Å²) in [5.74, 6) is -0.817. The van der Waals surface area contributed by atoms with Gasteiger partial charge in [0.25, 0.3) is 11.8 Å². The summed E-state index contributed by atoms with van der Waals surface area (Å²) >= 11 is 0. The van der Waals surface area contributed by atoms with E-state index in [9.17, 15) is 26.4 Å². The molecule has 0 N–H and O–H groups in total. The van der Waals surface area contributed by atoms with Crippen molar-refractivity contribution in [2.24, 2.45) is 0 Å². The molecule has 2 amide bonds. The number of hydrogen-bond acceptors (Lipinski definition) is 10. The highest BCUT2D eigenvalue weighted by molar-refractivity contribution is 7.92. The first-order chi connectivity index (χ1) is 18.0. The lowest BCUT2D eigenvalue weighted by atomic mass is 10.1. The second-order valence-electron chi connectivity index (χ2n) is 8.09. The fraction of sp³-hybridized carbons (Fsp3) is 0.200. The van der Waals surface area contributed by atoms with Crippen LogP contribution in [0.3, 0.4) is 0 Å². The highest BCUT2D eigenvalue weighted by Gasteiger charge is 2.36. The van der Waals surface area contributed by atoms with E-state index in [1.807, 2.05) is 0 Å². The van der Waals surface area contributed by atoms with E-state index in [4.69, 9.17) is 18.5 Å². The normalized spacial score (nSPS) is 13.4. The topological polar surface area (TPSA) is 143 Å². The molecule has 0 fully saturated rings. The predicted octanol–water partition coefficient (Wildman–Crippen LogP) is 2.86. The van der Waals surface area contributed by atoms with Crippen molar-refractivity contribution >= 4 is 31.8 Å². The van der Waals surface area contributed by atoms with Crippen LogP contribution < -0.4 is 13.7 Å². The van der Waals surface area contributed by atoms with E-state index >= 15 is 0 Å². The zero-order valence-corrected chi connectivity index (χ0v) is 22.0. The average Bonchev–Trinajstić information content (AvgIpc) is 3.12. The third-order valence-electron chi connectivity index (χ3n) is 5.35. The van der Waals surface area contributed by atoms with Gasteiger partial charge in [-0.2, -0.15) is 8.42 Å². The third kappa shape index (κ3) is 5.79. The maximum absolute atomic E-state index is 12.9. The lowest BCUT2D eigenvalue weighted by Gasteiger charge is -2.14. The number of carbonyl (C=O) groups is 2. The number of hydrogen-bond donors (Lipinski definition) is 0. The molecule has 3 aromatic carbocycles. The summed E-state index contributed by atoms with van der Waals surface area (Å²) < 4.78 is 65.9. The molecule has 3 aromatic rings. The van der Waals surface area contributed by atoms with Crippen molar-refractivity contribution in [1.29, 1.82) is 0 Å². The van der Waals surface area contributed by atoms with Crippen LogP contribution in [0.25, 0.3) is 0 Å². The molecule has 0 saturated heterocycles. The molecule has 0 saturated carbocycles. The molecule has 0 aromatic heterocycles. The van der Waals surface area contributed by atoms with Crippen LogP contribution in [0.1, 0.15) is 27.1 Å². The second-order valence-corrected chi connectivity index (χ2v) is 11.6. The highest BCUT2D eigenvalue weighted by atomic mass is 32.2. The Balaban J connectivity index is 1.39. The fourth-order valence-electron chi connectivity index (χ4n) is 3.62. The first kappa shape index (κ1) is 27.1. The maximum Gasteiger partial charge on any atom is 0.340 e. The van der Waals surface area contributed by atoms with Crippen LogP contribution in [0.5, 0.6) is 17.2 Å². The predicted molar refractivity (Wildman–Crippen MR) is 133 cm³/mol. The lowest BCUT2D eigenvalue weighted by molar-refractivity contribution is -0.0935. The van der Waals surface area contributed by atoms with Crippen molar-refractivity contribution < 1.29 is 44.9 Å². The maximum atomic E-state index is 12.9. The van der Waals surface area contributed by atoms with Crippen molar-refractivity contribution in [2.75, 3.05) is 26.6 Å². The van der Waals surface area contributed by atoms with Gasteiger partial charge in [-0.25, -0.2) is 8.42 Å². The molecule has 200 valence electrons. The fourth-order valence-corrected chi connectivity index (χ4v) is 6.14. The first-order valence-corrected chi connectivity index (χ1v) is 14.5. The summed E-state index contributed by atoms with van der Waals surface area (Å²) in [6, 6.07) is 15.6. The van der Waals surface area contributed by atoms with Crippen LogP contribution in [-0.4, -0.2) is 60.3 Å². The summed E-state index contributed by atoms with van der Waals surface area (Å²) in [7, 11) is -6.99. The van der Waals surface area contributed by atoms with Gasteiger partial charge in [0.1, 0.15) is 22.1 Å². The monoisotopic (exact) mass is 561 g/mol. The summed E-state index contributed by atoms with van der Waals surface area (Å²) in [5, 5.41) is 0.710. The van der Waals surface area contributed by atoms with Gasteiger partial charge in [0.15, 0.2) is 9.84 Å². The number of sulfone groups is 1. The number of fused-ring (bicyclic) bond motifs is 1. The number of benzene rings is 3. The number of imide groups is 1. The van der Waals surface area contributed by atoms with E-state index in [1.165, 1.54) is 43.5 Å². The number of carbonyl (C=O) groups excluding carboxylic acids is 2. The highest BCUT2D eigenvalue weighted by Crippen LogP contribution is 2.31. The van der Waals surface area contributed by atoms with Gasteiger partial charge in [-0.05, 0) is 24.3 Å². The van der Waals surface area contributed by atoms with Crippen LogP contribution in [0.15, 0.2) is 76.5 Å². The molecule has 1 heterocycles. The Hall–Kier alpha value is -3.94. The van der Waals surface area contributed by atoms with E-state index < -0.39 is 41.6 Å². The molecule has 0 radical (unpaired) electrons. The second kappa shape index (κ2) is 10.8. The minimum absolute atomic E-state index is 0.00451. The van der Waals surface area contributed by atoms with Crippen LogP contribution in [0.2, 0.25) is 0 Å². The van der Waals surface area contributed by atoms with E-state index in [0.29, 0.717) is 5.06 Å². The SMILES string of the molecule is COc1cc(OCCCON2C(=O)c3ccccc3C2=O)cc(OS(=O)(=O)c2ccccc2S(C)(=O)=O)c1. The Morgan fingerprint density at radius 3 is 1.89 bits per heavy atom. The van der Waals surface area contributed by atoms with Crippen molar-refractivity contribution in [1.82, 2.24) is 5.06 Å². The molecule has 1 aliphatic heterocycles. The van der Waals surface area contributed by atoms with E-state index in [-0.39, 0.29) is 48.0 Å². The lowest BCUT2D eigenvalue weighted by Crippen LogP contribution is -2.30. The van der Waals surface area contributed by atoms with Gasteiger partial charge >= 0.3 is 10.1 Å². The average molecular weight is 562 g/mol. The quantitative estimate of drug-likeness (QED) is 0.195. The van der Waals surface area contributed by atoms with E-state index in [1.54, 1.807) is 24.3 Å². The van der Waals surface area contributed by atoms with Crippen molar-refractivity contribution in [3.05, 3.63) is 77.9 Å². The molecule has 13 heteroatoms. The number of methoxy groups -OCH3 is 1. The summed E-state index contributed by atoms with van der Waals surface area (Å²) in [4.78, 5) is 29.1. The number of hydroxylamine groups is 2. The Labute approximate surface area is 219 Å². The molecule has 38 heavy (non-hydrogen) atoms. The van der Waals surface area contributed by atoms with Crippen molar-refractivity contribution in [3.63, 3.8) is 0 Å². The molecule has 0 unspecified atom stereocenters. The van der Waals surface area contributed by atoms with Gasteiger partial charge in [0, 0.05) is 30.9 Å². The smallest absolute Gasteiger partial charge is 0.340 e. The van der Waals surface area contributed by atoms with Crippen molar-refractivity contribution in [3.8, 4) is 17.2 Å². The zero-order valence-electron chi connectivity index (χ0n) is 20.3. The molecule has 0 spiro atoms. The van der Waals surface area contributed by atoms with Gasteiger partial charge < -0.3 is 13.7 Å².